The van der Waals surface area contributed by atoms with Crippen molar-refractivity contribution in [3.8, 4) is 0 Å². The summed E-state index contributed by atoms with van der Waals surface area (Å²) in [6.07, 6.45) is 8.11. The van der Waals surface area contributed by atoms with Crippen LogP contribution in [0, 0.1) is 5.92 Å². The second-order valence-corrected chi connectivity index (χ2v) is 11.9. The van der Waals surface area contributed by atoms with Crippen molar-refractivity contribution < 1.29 is 8.42 Å². The number of rotatable bonds is 8. The van der Waals surface area contributed by atoms with E-state index < -0.39 is 14.9 Å². The first-order valence-electron chi connectivity index (χ1n) is 11.7. The first kappa shape index (κ1) is 24.7. The number of nitrogens with zero attached hydrogens (tertiary/aromatic N) is 3. The van der Waals surface area contributed by atoms with Crippen LogP contribution in [0.3, 0.4) is 0 Å². The lowest BCUT2D eigenvalue weighted by molar-refractivity contribution is 0.214. The zero-order valence-electron chi connectivity index (χ0n) is 18.7. The predicted octanol–water partition coefficient (Wildman–Crippen LogP) is 4.61. The molecule has 180 valence electrons. The van der Waals surface area contributed by atoms with Crippen LogP contribution in [0.2, 0.25) is 0 Å². The molecule has 9 heteroatoms. The van der Waals surface area contributed by atoms with Gasteiger partial charge in [0.15, 0.2) is 0 Å². The van der Waals surface area contributed by atoms with Gasteiger partial charge in [0.2, 0.25) is 10.0 Å². The lowest BCUT2D eigenvalue weighted by atomic mass is 9.84. The van der Waals surface area contributed by atoms with Crippen molar-refractivity contribution in [2.24, 2.45) is 5.92 Å². The molecule has 6 nitrogen and oxygen atoms in total. The summed E-state index contributed by atoms with van der Waals surface area (Å²) >= 11 is 12.0. The van der Waals surface area contributed by atoms with Gasteiger partial charge in [-0.1, -0.05) is 12.1 Å². The molecule has 1 aliphatic heterocycles. The van der Waals surface area contributed by atoms with Crippen molar-refractivity contribution in [3.63, 3.8) is 0 Å². The number of sulfonamides is 1. The zero-order valence-corrected chi connectivity index (χ0v) is 21.1. The molecule has 2 heterocycles. The van der Waals surface area contributed by atoms with Crippen molar-refractivity contribution in [3.05, 3.63) is 54.4 Å². The molecule has 0 atom stereocenters. The molecular formula is C24H32Cl2N4O2S. The standard InChI is InChI=1S/C24H32Cl2N4O2S/c25-24(26)20-3-1-4-22(17-20)30-15-13-29(14-16-30)12-10-19-6-8-21(9-7-19)28-33(31,32)23-5-2-11-27-18-23/h1-5,11,17-19,21,24,28H,6-10,12-16H2. The number of benzene rings is 1. The van der Waals surface area contributed by atoms with Crippen molar-refractivity contribution in [2.75, 3.05) is 37.6 Å². The number of piperazine rings is 1. The van der Waals surface area contributed by atoms with Crippen LogP contribution in [0.5, 0.6) is 0 Å². The first-order chi connectivity index (χ1) is 15.9. The second kappa shape index (κ2) is 11.4. The SMILES string of the molecule is O=S(=O)(NC1CCC(CCN2CCN(c3cccc(C(Cl)Cl)c3)CC2)CC1)c1cccnc1. The number of hydrogen-bond donors (Lipinski definition) is 1. The van der Waals surface area contributed by atoms with Crippen LogP contribution in [0.1, 0.15) is 42.5 Å². The van der Waals surface area contributed by atoms with Crippen LogP contribution in [-0.2, 0) is 10.0 Å². The smallest absolute Gasteiger partial charge is 0.242 e. The maximum absolute atomic E-state index is 12.5. The normalized spacial score (nSPS) is 22.6. The Hall–Kier alpha value is -1.38. The first-order valence-corrected chi connectivity index (χ1v) is 14.0. The number of nitrogens with one attached hydrogen (secondary N) is 1. The highest BCUT2D eigenvalue weighted by atomic mass is 35.5. The van der Waals surface area contributed by atoms with E-state index in [1.54, 1.807) is 18.3 Å². The molecule has 2 aromatic rings. The number of halogens is 2. The Labute approximate surface area is 207 Å². The lowest BCUT2D eigenvalue weighted by Crippen LogP contribution is -2.47. The molecule has 1 saturated carbocycles. The summed E-state index contributed by atoms with van der Waals surface area (Å²) in [7, 11) is -3.48. The van der Waals surface area contributed by atoms with Gasteiger partial charge in [-0.25, -0.2) is 13.1 Å². The van der Waals surface area contributed by atoms with Crippen LogP contribution in [0.15, 0.2) is 53.7 Å². The fraction of sp³-hybridized carbons (Fsp3) is 0.542. The summed E-state index contributed by atoms with van der Waals surface area (Å²) in [4.78, 5) is 8.61. The third-order valence-corrected chi connectivity index (χ3v) is 8.84. The van der Waals surface area contributed by atoms with E-state index in [9.17, 15) is 8.42 Å². The molecule has 2 fully saturated rings. The molecule has 1 aliphatic carbocycles. The van der Waals surface area contributed by atoms with E-state index in [1.807, 2.05) is 12.1 Å². The molecule has 33 heavy (non-hydrogen) atoms. The molecule has 1 aromatic carbocycles. The van der Waals surface area contributed by atoms with Crippen molar-refractivity contribution >= 4 is 38.9 Å². The minimum atomic E-state index is -3.48. The molecule has 1 aromatic heterocycles. The monoisotopic (exact) mass is 510 g/mol. The Kier molecular flexibility index (Phi) is 8.52. The summed E-state index contributed by atoms with van der Waals surface area (Å²) in [5.41, 5.74) is 2.13. The minimum Gasteiger partial charge on any atom is -0.369 e. The number of pyridine rings is 1. The average molecular weight is 512 g/mol. The quantitative estimate of drug-likeness (QED) is 0.525. The van der Waals surface area contributed by atoms with Crippen molar-refractivity contribution in [1.82, 2.24) is 14.6 Å². The Morgan fingerprint density at radius 1 is 1.03 bits per heavy atom. The Bertz CT molecular complexity index is 991. The molecule has 1 saturated heterocycles. The van der Waals surface area contributed by atoms with Gasteiger partial charge in [-0.2, -0.15) is 0 Å². The van der Waals surface area contributed by atoms with Gasteiger partial charge in [0, 0.05) is 50.3 Å². The molecule has 2 aliphatic rings. The van der Waals surface area contributed by atoms with Gasteiger partial charge in [0.1, 0.15) is 9.73 Å². The Morgan fingerprint density at radius 2 is 1.79 bits per heavy atom. The lowest BCUT2D eigenvalue weighted by Gasteiger charge is -2.37. The number of alkyl halides is 2. The minimum absolute atomic E-state index is 0.0198. The van der Waals surface area contributed by atoms with Crippen LogP contribution in [0.4, 0.5) is 5.69 Å². The van der Waals surface area contributed by atoms with Gasteiger partial charge in [0.25, 0.3) is 0 Å². The summed E-state index contributed by atoms with van der Waals surface area (Å²) in [5.74, 6) is 0.670. The molecule has 0 amide bonds. The molecule has 0 unspecified atom stereocenters. The van der Waals surface area contributed by atoms with Gasteiger partial charge in [-0.3, -0.25) is 9.88 Å². The third kappa shape index (κ3) is 6.83. The molecular weight excluding hydrogens is 479 g/mol. The summed E-state index contributed by atoms with van der Waals surface area (Å²) in [6.45, 7) is 5.21. The van der Waals surface area contributed by atoms with Crippen molar-refractivity contribution in [2.45, 2.75) is 47.9 Å². The van der Waals surface area contributed by atoms with E-state index in [1.165, 1.54) is 18.3 Å². The summed E-state index contributed by atoms with van der Waals surface area (Å²) in [5, 5.41) is 0. The van der Waals surface area contributed by atoms with E-state index in [4.69, 9.17) is 23.2 Å². The Balaban J connectivity index is 1.17. The number of aromatic nitrogens is 1. The molecule has 0 bridgehead atoms. The fourth-order valence-corrected chi connectivity index (χ4v) is 6.35. The summed E-state index contributed by atoms with van der Waals surface area (Å²) in [6, 6.07) is 11.4. The fourth-order valence-electron chi connectivity index (χ4n) is 4.81. The van der Waals surface area contributed by atoms with Gasteiger partial charge >= 0.3 is 0 Å². The van der Waals surface area contributed by atoms with Crippen LogP contribution >= 0.6 is 23.2 Å². The van der Waals surface area contributed by atoms with Gasteiger partial charge in [-0.15, -0.1) is 23.2 Å². The predicted molar refractivity (Wildman–Crippen MR) is 134 cm³/mol. The summed E-state index contributed by atoms with van der Waals surface area (Å²) < 4.78 is 27.9. The van der Waals surface area contributed by atoms with E-state index in [2.05, 4.69) is 31.6 Å². The number of anilines is 1. The van der Waals surface area contributed by atoms with Gasteiger partial charge in [0.05, 0.1) is 0 Å². The molecule has 4 rings (SSSR count). The molecule has 0 radical (unpaired) electrons. The zero-order chi connectivity index (χ0) is 23.3. The van der Waals surface area contributed by atoms with E-state index in [0.717, 1.165) is 64.0 Å². The average Bonchev–Trinajstić information content (AvgIpc) is 2.84. The molecule has 0 spiro atoms. The highest BCUT2D eigenvalue weighted by molar-refractivity contribution is 7.89. The third-order valence-electron chi connectivity index (χ3n) is 6.83. The van der Waals surface area contributed by atoms with Gasteiger partial charge < -0.3 is 4.90 Å². The van der Waals surface area contributed by atoms with E-state index in [-0.39, 0.29) is 10.9 Å². The Morgan fingerprint density at radius 3 is 2.45 bits per heavy atom. The largest absolute Gasteiger partial charge is 0.369 e. The topological polar surface area (TPSA) is 65.5 Å². The van der Waals surface area contributed by atoms with Gasteiger partial charge in [-0.05, 0) is 74.4 Å². The number of hydrogen-bond acceptors (Lipinski definition) is 5. The highest BCUT2D eigenvalue weighted by Gasteiger charge is 2.26. The van der Waals surface area contributed by atoms with Crippen LogP contribution in [-0.4, -0.2) is 57.1 Å². The van der Waals surface area contributed by atoms with Crippen LogP contribution < -0.4 is 9.62 Å². The highest BCUT2D eigenvalue weighted by Crippen LogP contribution is 2.30. The maximum atomic E-state index is 12.5. The molecule has 1 N–H and O–H groups in total. The van der Waals surface area contributed by atoms with Crippen molar-refractivity contribution in [1.29, 1.82) is 0 Å². The van der Waals surface area contributed by atoms with E-state index in [0.29, 0.717) is 5.92 Å². The van der Waals surface area contributed by atoms with E-state index >= 15 is 0 Å². The van der Waals surface area contributed by atoms with Crippen LogP contribution in [0.25, 0.3) is 0 Å². The second-order valence-electron chi connectivity index (χ2n) is 9.04. The maximum Gasteiger partial charge on any atom is 0.242 e.